The summed E-state index contributed by atoms with van der Waals surface area (Å²) in [6.07, 6.45) is 1.82. The third-order valence-electron chi connectivity index (χ3n) is 3.39. The molecule has 0 aromatic heterocycles. The van der Waals surface area contributed by atoms with E-state index >= 15 is 0 Å². The van der Waals surface area contributed by atoms with Gasteiger partial charge in [0.25, 0.3) is 0 Å². The van der Waals surface area contributed by atoms with Gasteiger partial charge in [-0.25, -0.2) is 4.99 Å². The molecule has 0 atom stereocenters. The van der Waals surface area contributed by atoms with Crippen LogP contribution in [-0.2, 0) is 0 Å². The Morgan fingerprint density at radius 3 is 2.79 bits per heavy atom. The fourth-order valence-electron chi connectivity index (χ4n) is 2.52. The molecular weight excluding hydrogens is 238 g/mol. The van der Waals surface area contributed by atoms with E-state index < -0.39 is 0 Å². The zero-order valence-corrected chi connectivity index (χ0v) is 10.00. The molecule has 4 heteroatoms. The number of fused-ring (bicyclic) bond motifs is 4. The van der Waals surface area contributed by atoms with E-state index in [1.54, 1.807) is 0 Å². The van der Waals surface area contributed by atoms with Crippen LogP contribution in [0, 0.1) is 10.4 Å². The van der Waals surface area contributed by atoms with Gasteiger partial charge in [0.05, 0.1) is 22.0 Å². The molecule has 19 heavy (non-hydrogen) atoms. The smallest absolute Gasteiger partial charge is 0.172 e. The van der Waals surface area contributed by atoms with Gasteiger partial charge in [-0.3, -0.25) is 4.79 Å². The Labute approximate surface area is 108 Å². The summed E-state index contributed by atoms with van der Waals surface area (Å²) in [5.74, 6) is 0.0217. The molecule has 0 spiro atoms. The molecule has 4 nitrogen and oxygen atoms in total. The van der Waals surface area contributed by atoms with Crippen LogP contribution in [0.1, 0.15) is 16.8 Å². The summed E-state index contributed by atoms with van der Waals surface area (Å²) in [7, 11) is 0. The van der Waals surface area contributed by atoms with Crippen molar-refractivity contribution in [2.75, 3.05) is 0 Å². The number of ketones is 1. The van der Waals surface area contributed by atoms with Crippen LogP contribution in [0.15, 0.2) is 51.6 Å². The minimum atomic E-state index is 0.0217. The molecule has 0 radical (unpaired) electrons. The quantitative estimate of drug-likeness (QED) is 0.593. The molecule has 2 heterocycles. The largest absolute Gasteiger partial charge is 0.294 e. The van der Waals surface area contributed by atoms with Crippen molar-refractivity contribution < 1.29 is 4.79 Å². The van der Waals surface area contributed by atoms with Gasteiger partial charge in [-0.15, -0.1) is 0 Å². The highest BCUT2D eigenvalue weighted by molar-refractivity contribution is 6.07. The van der Waals surface area contributed by atoms with Gasteiger partial charge in [0, 0.05) is 23.1 Å². The minimum Gasteiger partial charge on any atom is -0.294 e. The van der Waals surface area contributed by atoms with Gasteiger partial charge >= 0.3 is 0 Å². The molecule has 0 saturated heterocycles. The number of hydrogen-bond acceptors (Lipinski definition) is 4. The number of carbonyl (C=O) groups is 1. The lowest BCUT2D eigenvalue weighted by molar-refractivity contribution is 0.100. The van der Waals surface area contributed by atoms with E-state index in [0.29, 0.717) is 10.9 Å². The monoisotopic (exact) mass is 247 g/mol. The molecule has 90 valence electrons. The zero-order chi connectivity index (χ0) is 12.8. The SMILES string of the molecule is O=C1CC=NN=c2ccc3c(c21)N=c1ccccc1=3. The highest BCUT2D eigenvalue weighted by atomic mass is 16.1. The summed E-state index contributed by atoms with van der Waals surface area (Å²) in [4.78, 5) is 16.8. The maximum atomic E-state index is 12.2. The molecule has 0 fully saturated rings. The molecule has 0 N–H and O–H groups in total. The molecule has 0 amide bonds. The van der Waals surface area contributed by atoms with E-state index in [-0.39, 0.29) is 12.2 Å². The van der Waals surface area contributed by atoms with E-state index in [4.69, 9.17) is 0 Å². The lowest BCUT2D eigenvalue weighted by atomic mass is 10.0. The van der Waals surface area contributed by atoms with Crippen molar-refractivity contribution in [1.82, 2.24) is 0 Å². The summed E-state index contributed by atoms with van der Waals surface area (Å²) < 4.78 is 0. The average molecular weight is 247 g/mol. The molecule has 2 aromatic rings. The predicted octanol–water partition coefficient (Wildman–Crippen LogP) is 1.43. The Morgan fingerprint density at radius 2 is 1.84 bits per heavy atom. The van der Waals surface area contributed by atoms with Crippen molar-refractivity contribution in [3.05, 3.63) is 63.1 Å². The Bertz CT molecular complexity index is 958. The summed E-state index contributed by atoms with van der Waals surface area (Å²) in [5, 5.41) is 11.5. The maximum absolute atomic E-state index is 12.2. The number of hydrogen-bond donors (Lipinski definition) is 0. The molecule has 0 aliphatic carbocycles. The lowest BCUT2D eigenvalue weighted by Crippen LogP contribution is -2.14. The van der Waals surface area contributed by atoms with Crippen molar-refractivity contribution in [2.24, 2.45) is 15.2 Å². The fourth-order valence-corrected chi connectivity index (χ4v) is 2.52. The molecule has 0 saturated carbocycles. The van der Waals surface area contributed by atoms with Crippen molar-refractivity contribution in [3.63, 3.8) is 0 Å². The van der Waals surface area contributed by atoms with E-state index in [2.05, 4.69) is 15.2 Å². The van der Waals surface area contributed by atoms with Gasteiger partial charge in [-0.2, -0.15) is 10.2 Å². The molecule has 2 aliphatic heterocycles. The van der Waals surface area contributed by atoms with Gasteiger partial charge < -0.3 is 0 Å². The normalized spacial score (nSPS) is 14.8. The Balaban J connectivity index is 2.25. The second kappa shape index (κ2) is 3.68. The van der Waals surface area contributed by atoms with Crippen LogP contribution in [0.25, 0.3) is 0 Å². The first-order chi connectivity index (χ1) is 9.34. The van der Waals surface area contributed by atoms with Gasteiger partial charge in [0.1, 0.15) is 0 Å². The van der Waals surface area contributed by atoms with Crippen LogP contribution in [-0.4, -0.2) is 12.0 Å². The van der Waals surface area contributed by atoms with Gasteiger partial charge in [0.15, 0.2) is 5.78 Å². The topological polar surface area (TPSA) is 54.1 Å². The molecule has 2 aliphatic rings. The standard InChI is InChI=1S/C15H9N3O/c19-13-7-8-16-18-12-6-5-10-9-3-1-2-4-11(9)17-15(10)14(12)13/h1-6,8H,7H2. The highest BCUT2D eigenvalue weighted by Gasteiger charge is 2.18. The van der Waals surface area contributed by atoms with Crippen LogP contribution in [0.4, 0.5) is 5.69 Å². The van der Waals surface area contributed by atoms with Crippen LogP contribution < -0.4 is 10.7 Å². The van der Waals surface area contributed by atoms with Crippen molar-refractivity contribution in [1.29, 1.82) is 0 Å². The Morgan fingerprint density at radius 1 is 0.947 bits per heavy atom. The molecule has 2 aromatic carbocycles. The summed E-state index contributed by atoms with van der Waals surface area (Å²) in [5.41, 5.74) is 1.32. The number of rotatable bonds is 0. The van der Waals surface area contributed by atoms with E-state index in [1.165, 1.54) is 6.21 Å². The number of carbonyl (C=O) groups excluding carboxylic acids is 1. The number of Topliss-reactive ketones (excluding diaryl/α,β-unsaturated/α-hetero) is 1. The van der Waals surface area contributed by atoms with Crippen molar-refractivity contribution >= 4 is 17.7 Å². The van der Waals surface area contributed by atoms with Crippen LogP contribution in [0.5, 0.6) is 0 Å². The average Bonchev–Trinajstić information content (AvgIpc) is 2.70. The van der Waals surface area contributed by atoms with Gasteiger partial charge in [-0.1, -0.05) is 18.2 Å². The molecule has 0 bridgehead atoms. The van der Waals surface area contributed by atoms with E-state index in [0.717, 1.165) is 21.5 Å². The summed E-state index contributed by atoms with van der Waals surface area (Å²) in [6.45, 7) is 0. The second-order valence-corrected chi connectivity index (χ2v) is 4.51. The first-order valence-corrected chi connectivity index (χ1v) is 6.08. The Kier molecular flexibility index (Phi) is 2.00. The van der Waals surface area contributed by atoms with Crippen LogP contribution >= 0.6 is 0 Å². The third kappa shape index (κ3) is 1.40. The van der Waals surface area contributed by atoms with Gasteiger partial charge in [-0.05, 0) is 18.2 Å². The maximum Gasteiger partial charge on any atom is 0.172 e. The van der Waals surface area contributed by atoms with Gasteiger partial charge in [0.2, 0.25) is 0 Å². The summed E-state index contributed by atoms with van der Waals surface area (Å²) in [6, 6.07) is 11.7. The van der Waals surface area contributed by atoms with Crippen molar-refractivity contribution in [3.8, 4) is 0 Å². The number of para-hydroxylation sites is 1. The fraction of sp³-hybridized carbons (Fsp3) is 0.0667. The minimum absolute atomic E-state index is 0.0217. The second-order valence-electron chi connectivity index (χ2n) is 4.51. The Hall–Kier alpha value is -2.62. The predicted molar refractivity (Wildman–Crippen MR) is 70.0 cm³/mol. The first-order valence-electron chi connectivity index (χ1n) is 6.08. The molecule has 0 unspecified atom stereocenters. The molecule has 4 rings (SSSR count). The van der Waals surface area contributed by atoms with E-state index in [1.807, 2.05) is 36.4 Å². The van der Waals surface area contributed by atoms with Crippen molar-refractivity contribution in [2.45, 2.75) is 6.42 Å². The van der Waals surface area contributed by atoms with Crippen LogP contribution in [0.2, 0.25) is 0 Å². The first kappa shape index (κ1) is 10.3. The lowest BCUT2D eigenvalue weighted by Gasteiger charge is -2.00. The zero-order valence-electron chi connectivity index (χ0n) is 10.00. The molecular formula is C15H9N3O. The third-order valence-corrected chi connectivity index (χ3v) is 3.39. The van der Waals surface area contributed by atoms with E-state index in [9.17, 15) is 4.79 Å². The van der Waals surface area contributed by atoms with Crippen LogP contribution in [0.3, 0.4) is 0 Å². The summed E-state index contributed by atoms with van der Waals surface area (Å²) >= 11 is 0. The number of benzene rings is 2. The number of nitrogens with zero attached hydrogens (tertiary/aromatic N) is 3. The highest BCUT2D eigenvalue weighted by Crippen LogP contribution is 2.22.